The molecule has 0 bridgehead atoms. The van der Waals surface area contributed by atoms with Crippen LogP contribution in [0, 0.1) is 23.1 Å². The third-order valence-corrected chi connectivity index (χ3v) is 4.03. The molecule has 9 heteroatoms. The molecule has 26 heavy (non-hydrogen) atoms. The minimum atomic E-state index is -1.55. The van der Waals surface area contributed by atoms with E-state index in [0.717, 1.165) is 6.07 Å². The molecule has 1 saturated carbocycles. The molecule has 130 valence electrons. The summed E-state index contributed by atoms with van der Waals surface area (Å²) in [4.78, 5) is 11.6. The highest BCUT2D eigenvalue weighted by atomic mass is 19.1. The van der Waals surface area contributed by atoms with Gasteiger partial charge in [-0.05, 0) is 24.8 Å². The maximum atomic E-state index is 14.2. The maximum absolute atomic E-state index is 14.2. The Morgan fingerprint density at radius 2 is 1.92 bits per heavy atom. The minimum Gasteiger partial charge on any atom is -0.437 e. The van der Waals surface area contributed by atoms with Gasteiger partial charge in [-0.2, -0.15) is 0 Å². The number of nitrogens with zero attached hydrogens (tertiary/aromatic N) is 3. The Morgan fingerprint density at radius 1 is 1.23 bits per heavy atom. The number of rotatable bonds is 2. The predicted molar refractivity (Wildman–Crippen MR) is 90.6 cm³/mol. The van der Waals surface area contributed by atoms with Gasteiger partial charge in [0.2, 0.25) is 5.89 Å². The average Bonchev–Trinajstić information content (AvgIpc) is 3.20. The van der Waals surface area contributed by atoms with E-state index in [4.69, 9.17) is 21.3 Å². The molecule has 7 nitrogen and oxygen atoms in total. The van der Waals surface area contributed by atoms with Gasteiger partial charge in [-0.25, -0.2) is 23.7 Å². The Balaban J connectivity index is 1.70. The molecule has 0 radical (unpaired) electrons. The van der Waals surface area contributed by atoms with Crippen molar-refractivity contribution in [1.29, 1.82) is 5.41 Å². The number of benzene rings is 1. The second-order valence-corrected chi connectivity index (χ2v) is 5.93. The summed E-state index contributed by atoms with van der Waals surface area (Å²) >= 11 is 0. The second kappa shape index (κ2) is 5.49. The molecule has 0 amide bonds. The SMILES string of the molecule is N=C(C#Cc1cc2nc(C3(F)CC3)oc2cc1F)c1c(N)ncnc1N. The van der Waals surface area contributed by atoms with E-state index in [0.29, 0.717) is 18.4 Å². The van der Waals surface area contributed by atoms with Crippen LogP contribution in [0.1, 0.15) is 29.9 Å². The molecule has 4 rings (SSSR count). The molecule has 1 aromatic carbocycles. The van der Waals surface area contributed by atoms with Crippen molar-refractivity contribution in [2.24, 2.45) is 0 Å². The first-order chi connectivity index (χ1) is 12.4. The highest BCUT2D eigenvalue weighted by Gasteiger charge is 2.49. The summed E-state index contributed by atoms with van der Waals surface area (Å²) in [6, 6.07) is 2.44. The monoisotopic (exact) mass is 354 g/mol. The number of nitrogen functional groups attached to an aromatic ring is 2. The van der Waals surface area contributed by atoms with Crippen LogP contribution in [0.3, 0.4) is 0 Å². The molecule has 0 atom stereocenters. The highest BCUT2D eigenvalue weighted by Crippen LogP contribution is 2.49. The number of oxazole rings is 1. The molecular formula is C17H12F2N6O. The third kappa shape index (κ3) is 2.61. The Bertz CT molecular complexity index is 1100. The second-order valence-electron chi connectivity index (χ2n) is 5.93. The lowest BCUT2D eigenvalue weighted by molar-refractivity contribution is 0.256. The van der Waals surface area contributed by atoms with Crippen molar-refractivity contribution < 1.29 is 13.2 Å². The quantitative estimate of drug-likeness (QED) is 0.478. The Hall–Kier alpha value is -3.54. The average molecular weight is 354 g/mol. The fourth-order valence-corrected chi connectivity index (χ4v) is 2.42. The molecule has 1 aliphatic carbocycles. The van der Waals surface area contributed by atoms with Crippen molar-refractivity contribution in [1.82, 2.24) is 15.0 Å². The van der Waals surface area contributed by atoms with Crippen LogP contribution in [0.15, 0.2) is 22.9 Å². The Morgan fingerprint density at radius 3 is 2.58 bits per heavy atom. The molecule has 0 saturated heterocycles. The van der Waals surface area contributed by atoms with Crippen molar-refractivity contribution in [2.45, 2.75) is 18.5 Å². The molecule has 1 fully saturated rings. The van der Waals surface area contributed by atoms with E-state index in [1.165, 1.54) is 12.4 Å². The minimum absolute atomic E-state index is 0.00606. The summed E-state index contributed by atoms with van der Waals surface area (Å²) in [5, 5.41) is 7.97. The van der Waals surface area contributed by atoms with Crippen molar-refractivity contribution in [3.05, 3.63) is 41.3 Å². The van der Waals surface area contributed by atoms with Gasteiger partial charge in [-0.1, -0.05) is 5.92 Å². The van der Waals surface area contributed by atoms with Gasteiger partial charge in [-0.3, -0.25) is 5.41 Å². The first-order valence-electron chi connectivity index (χ1n) is 7.64. The van der Waals surface area contributed by atoms with E-state index in [2.05, 4.69) is 26.8 Å². The highest BCUT2D eigenvalue weighted by molar-refractivity contribution is 6.16. The Labute approximate surface area is 146 Å². The van der Waals surface area contributed by atoms with Gasteiger partial charge in [-0.15, -0.1) is 0 Å². The Kier molecular flexibility index (Phi) is 3.37. The van der Waals surface area contributed by atoms with Gasteiger partial charge >= 0.3 is 0 Å². The molecule has 3 aromatic rings. The number of aromatic nitrogens is 3. The number of nitrogens with two attached hydrogens (primary N) is 2. The van der Waals surface area contributed by atoms with E-state index in [-0.39, 0.29) is 39.9 Å². The summed E-state index contributed by atoms with van der Waals surface area (Å²) in [7, 11) is 0. The van der Waals surface area contributed by atoms with Crippen LogP contribution in [0.4, 0.5) is 20.4 Å². The predicted octanol–water partition coefficient (Wildman–Crippen LogP) is 2.30. The molecule has 0 unspecified atom stereocenters. The van der Waals surface area contributed by atoms with Gasteiger partial charge in [0.25, 0.3) is 0 Å². The summed E-state index contributed by atoms with van der Waals surface area (Å²) in [6.07, 6.45) is 1.85. The van der Waals surface area contributed by atoms with Crippen LogP contribution in [0.2, 0.25) is 0 Å². The van der Waals surface area contributed by atoms with E-state index in [1.807, 2.05) is 0 Å². The molecule has 0 spiro atoms. The molecule has 5 N–H and O–H groups in total. The fourth-order valence-electron chi connectivity index (χ4n) is 2.42. The largest absolute Gasteiger partial charge is 0.437 e. The van der Waals surface area contributed by atoms with E-state index in [9.17, 15) is 8.78 Å². The van der Waals surface area contributed by atoms with E-state index >= 15 is 0 Å². The third-order valence-electron chi connectivity index (χ3n) is 4.03. The lowest BCUT2D eigenvalue weighted by atomic mass is 10.1. The number of nitrogens with one attached hydrogen (secondary N) is 1. The van der Waals surface area contributed by atoms with E-state index < -0.39 is 11.5 Å². The van der Waals surface area contributed by atoms with Crippen LogP contribution in [-0.4, -0.2) is 20.7 Å². The lowest BCUT2D eigenvalue weighted by Crippen LogP contribution is -2.09. The summed E-state index contributed by atoms with van der Waals surface area (Å²) in [6.45, 7) is 0. The standard InChI is InChI=1S/C17H12F2N6O/c18-9-6-12-11(25-16(26-12)17(19)3-4-17)5-8(9)1-2-10(20)13-14(21)23-7-24-15(13)22/h5-7,20H,3-4H2,(H4,21,22,23,24). The first-order valence-corrected chi connectivity index (χ1v) is 7.64. The number of alkyl halides is 1. The zero-order valence-corrected chi connectivity index (χ0v) is 13.3. The number of anilines is 2. The normalized spacial score (nSPS) is 14.7. The van der Waals surface area contributed by atoms with Crippen LogP contribution >= 0.6 is 0 Å². The lowest BCUT2D eigenvalue weighted by Gasteiger charge is -2.03. The van der Waals surface area contributed by atoms with Crippen LogP contribution in [0.25, 0.3) is 11.1 Å². The van der Waals surface area contributed by atoms with Gasteiger partial charge in [0.15, 0.2) is 11.3 Å². The first kappa shape index (κ1) is 16.0. The van der Waals surface area contributed by atoms with Gasteiger partial charge < -0.3 is 15.9 Å². The molecule has 1 aliphatic rings. The van der Waals surface area contributed by atoms with Gasteiger partial charge in [0.1, 0.15) is 35.0 Å². The molecular weight excluding hydrogens is 342 g/mol. The number of hydrogen-bond acceptors (Lipinski definition) is 7. The summed E-state index contributed by atoms with van der Waals surface area (Å²) in [5.74, 6) is 4.29. The molecule has 0 aliphatic heterocycles. The summed E-state index contributed by atoms with van der Waals surface area (Å²) in [5.41, 5.74) is 10.1. The molecule has 2 heterocycles. The summed E-state index contributed by atoms with van der Waals surface area (Å²) < 4.78 is 33.6. The van der Waals surface area contributed by atoms with Crippen molar-refractivity contribution in [3.8, 4) is 11.8 Å². The smallest absolute Gasteiger partial charge is 0.233 e. The van der Waals surface area contributed by atoms with Crippen molar-refractivity contribution >= 4 is 28.4 Å². The van der Waals surface area contributed by atoms with Crippen LogP contribution < -0.4 is 11.5 Å². The number of fused-ring (bicyclic) bond motifs is 1. The van der Waals surface area contributed by atoms with Crippen molar-refractivity contribution in [2.75, 3.05) is 11.5 Å². The zero-order chi connectivity index (χ0) is 18.5. The fraction of sp³-hybridized carbons (Fsp3) is 0.176. The number of halogens is 2. The topological polar surface area (TPSA) is 128 Å². The number of hydrogen-bond donors (Lipinski definition) is 3. The van der Waals surface area contributed by atoms with Crippen LogP contribution in [0.5, 0.6) is 0 Å². The van der Waals surface area contributed by atoms with E-state index in [1.54, 1.807) is 0 Å². The van der Waals surface area contributed by atoms with Crippen molar-refractivity contribution in [3.63, 3.8) is 0 Å². The zero-order valence-electron chi connectivity index (χ0n) is 13.3. The van der Waals surface area contributed by atoms with Gasteiger partial charge in [0, 0.05) is 6.07 Å². The molecule has 2 aromatic heterocycles. The maximum Gasteiger partial charge on any atom is 0.233 e. The van der Waals surface area contributed by atoms with Gasteiger partial charge in [0.05, 0.1) is 11.1 Å². The van der Waals surface area contributed by atoms with Crippen LogP contribution in [-0.2, 0) is 5.67 Å².